The summed E-state index contributed by atoms with van der Waals surface area (Å²) in [4.78, 5) is 14.7. The van der Waals surface area contributed by atoms with Crippen LogP contribution in [0.5, 0.6) is 11.5 Å². The van der Waals surface area contributed by atoms with E-state index in [4.69, 9.17) is 26.4 Å². The van der Waals surface area contributed by atoms with Gasteiger partial charge in [0.2, 0.25) is 0 Å². The number of allylic oxidation sites excluding steroid dienone is 1. The summed E-state index contributed by atoms with van der Waals surface area (Å²) in [6, 6.07) is 13.1. The third-order valence-electron chi connectivity index (χ3n) is 4.97. The van der Waals surface area contributed by atoms with E-state index in [0.717, 1.165) is 22.5 Å². The van der Waals surface area contributed by atoms with Gasteiger partial charge in [-0.15, -0.1) is 0 Å². The Hall–Kier alpha value is -3.06. The molecule has 6 nitrogen and oxygen atoms in total. The lowest BCUT2D eigenvalue weighted by Gasteiger charge is -2.37. The van der Waals surface area contributed by atoms with Crippen molar-refractivity contribution >= 4 is 29.0 Å². The van der Waals surface area contributed by atoms with Crippen LogP contribution in [-0.2, 0) is 9.53 Å². The number of nitrogens with one attached hydrogen (secondary N) is 1. The summed E-state index contributed by atoms with van der Waals surface area (Å²) in [5.41, 5.74) is 4.01. The molecule has 2 aromatic carbocycles. The predicted molar refractivity (Wildman–Crippen MR) is 121 cm³/mol. The molecule has 7 heteroatoms. The molecule has 0 aromatic heterocycles. The molecule has 1 unspecified atom stereocenters. The molecule has 3 rings (SSSR count). The second kappa shape index (κ2) is 9.17. The summed E-state index contributed by atoms with van der Waals surface area (Å²) in [7, 11) is 2.97. The summed E-state index contributed by atoms with van der Waals surface area (Å²) in [5, 5.41) is 3.81. The zero-order chi connectivity index (χ0) is 21.8. The summed E-state index contributed by atoms with van der Waals surface area (Å²) in [6.07, 6.45) is 0. The molecular formula is C23H26N2O4S. The van der Waals surface area contributed by atoms with E-state index >= 15 is 0 Å². The monoisotopic (exact) mass is 426 g/mol. The van der Waals surface area contributed by atoms with Gasteiger partial charge in [-0.25, -0.2) is 4.79 Å². The van der Waals surface area contributed by atoms with Crippen LogP contribution in [0.15, 0.2) is 53.7 Å². The first-order valence-corrected chi connectivity index (χ1v) is 10.1. The molecule has 0 aliphatic carbocycles. The summed E-state index contributed by atoms with van der Waals surface area (Å²) >= 11 is 5.69. The Balaban J connectivity index is 2.13. The molecule has 158 valence electrons. The van der Waals surface area contributed by atoms with Crippen molar-refractivity contribution in [3.05, 3.63) is 64.9 Å². The molecule has 1 heterocycles. The van der Waals surface area contributed by atoms with Gasteiger partial charge in [0, 0.05) is 11.4 Å². The normalized spacial score (nSPS) is 16.2. The summed E-state index contributed by atoms with van der Waals surface area (Å²) in [6.45, 7) is 6.29. The van der Waals surface area contributed by atoms with Crippen LogP contribution >= 0.6 is 12.2 Å². The number of esters is 1. The zero-order valence-corrected chi connectivity index (χ0v) is 18.6. The molecule has 0 spiro atoms. The van der Waals surface area contributed by atoms with Gasteiger partial charge in [-0.05, 0) is 68.4 Å². The Morgan fingerprint density at radius 3 is 2.53 bits per heavy atom. The van der Waals surface area contributed by atoms with Crippen LogP contribution < -0.4 is 19.7 Å². The largest absolute Gasteiger partial charge is 0.493 e. The molecule has 1 N–H and O–H groups in total. The van der Waals surface area contributed by atoms with Gasteiger partial charge >= 0.3 is 5.97 Å². The maximum Gasteiger partial charge on any atom is 0.337 e. The van der Waals surface area contributed by atoms with Crippen molar-refractivity contribution in [1.29, 1.82) is 0 Å². The number of hydrogen-bond donors (Lipinski definition) is 1. The second-order valence-corrected chi connectivity index (χ2v) is 7.28. The number of aryl methyl sites for hydroxylation is 1. The number of methoxy groups -OCH3 is 2. The molecule has 0 bridgehead atoms. The van der Waals surface area contributed by atoms with Gasteiger partial charge in [0.05, 0.1) is 32.4 Å². The van der Waals surface area contributed by atoms with E-state index in [1.165, 1.54) is 7.11 Å². The van der Waals surface area contributed by atoms with E-state index in [9.17, 15) is 4.79 Å². The lowest BCUT2D eigenvalue weighted by Crippen LogP contribution is -2.48. The van der Waals surface area contributed by atoms with Gasteiger partial charge in [0.15, 0.2) is 16.6 Å². The SMILES string of the molecule is CCOc1cc(C2NC(=S)N(c3cccc(C)c3)C(C)=C2C(=O)OC)ccc1OC. The van der Waals surface area contributed by atoms with Gasteiger partial charge in [-0.2, -0.15) is 0 Å². The Kier molecular flexibility index (Phi) is 6.62. The highest BCUT2D eigenvalue weighted by atomic mass is 32.1. The Morgan fingerprint density at radius 1 is 1.13 bits per heavy atom. The van der Waals surface area contributed by atoms with Crippen molar-refractivity contribution in [3.63, 3.8) is 0 Å². The molecule has 1 aliphatic heterocycles. The van der Waals surface area contributed by atoms with Crippen LogP contribution in [0.3, 0.4) is 0 Å². The number of anilines is 1. The minimum Gasteiger partial charge on any atom is -0.493 e. The standard InChI is InChI=1S/C23H26N2O4S/c1-6-29-19-13-16(10-11-18(19)27-4)21-20(22(26)28-5)15(3)25(23(30)24-21)17-9-7-8-14(2)12-17/h7-13,21H,6H2,1-5H3,(H,24,30). The zero-order valence-electron chi connectivity index (χ0n) is 17.8. The second-order valence-electron chi connectivity index (χ2n) is 6.89. The summed E-state index contributed by atoms with van der Waals surface area (Å²) in [5.74, 6) is 0.813. The lowest BCUT2D eigenvalue weighted by molar-refractivity contribution is -0.136. The van der Waals surface area contributed by atoms with Crippen molar-refractivity contribution in [2.75, 3.05) is 25.7 Å². The molecule has 0 radical (unpaired) electrons. The van der Waals surface area contributed by atoms with E-state index in [1.54, 1.807) is 7.11 Å². The topological polar surface area (TPSA) is 60.0 Å². The highest BCUT2D eigenvalue weighted by Crippen LogP contribution is 2.37. The first-order valence-electron chi connectivity index (χ1n) is 9.68. The third kappa shape index (κ3) is 4.11. The quantitative estimate of drug-likeness (QED) is 0.546. The highest BCUT2D eigenvalue weighted by molar-refractivity contribution is 7.80. The number of ether oxygens (including phenoxy) is 3. The maximum absolute atomic E-state index is 12.8. The molecule has 0 saturated carbocycles. The highest BCUT2D eigenvalue weighted by Gasteiger charge is 2.35. The van der Waals surface area contributed by atoms with Crippen LogP contribution in [-0.4, -0.2) is 31.9 Å². The Bertz CT molecular complexity index is 1000. The first-order chi connectivity index (χ1) is 14.4. The van der Waals surface area contributed by atoms with Crippen LogP contribution in [0.4, 0.5) is 5.69 Å². The molecule has 1 aliphatic rings. The van der Waals surface area contributed by atoms with Crippen molar-refractivity contribution < 1.29 is 19.0 Å². The van der Waals surface area contributed by atoms with E-state index in [-0.39, 0.29) is 0 Å². The Labute approximate surface area is 182 Å². The average Bonchev–Trinajstić information content (AvgIpc) is 2.73. The van der Waals surface area contributed by atoms with Gasteiger partial charge < -0.3 is 19.5 Å². The number of nitrogens with zero attached hydrogens (tertiary/aromatic N) is 1. The Morgan fingerprint density at radius 2 is 1.90 bits per heavy atom. The minimum absolute atomic E-state index is 0.418. The number of rotatable bonds is 6. The number of thiocarbonyl (C=S) groups is 1. The fourth-order valence-electron chi connectivity index (χ4n) is 3.59. The fraction of sp³-hybridized carbons (Fsp3) is 0.304. The number of carbonyl (C=O) groups is 1. The molecule has 1 atom stereocenters. The number of carbonyl (C=O) groups excluding carboxylic acids is 1. The molecule has 0 fully saturated rings. The van der Waals surface area contributed by atoms with Gasteiger partial charge in [0.25, 0.3) is 0 Å². The van der Waals surface area contributed by atoms with Gasteiger partial charge in [0.1, 0.15) is 0 Å². The van der Waals surface area contributed by atoms with E-state index in [0.29, 0.717) is 28.8 Å². The van der Waals surface area contributed by atoms with Gasteiger partial charge in [-0.1, -0.05) is 18.2 Å². The van der Waals surface area contributed by atoms with Gasteiger partial charge in [-0.3, -0.25) is 4.90 Å². The maximum atomic E-state index is 12.8. The first kappa shape index (κ1) is 21.6. The smallest absolute Gasteiger partial charge is 0.337 e. The van der Waals surface area contributed by atoms with Crippen LogP contribution in [0.2, 0.25) is 0 Å². The predicted octanol–water partition coefficient (Wildman–Crippen LogP) is 4.29. The van der Waals surface area contributed by atoms with E-state index in [2.05, 4.69) is 5.32 Å². The average molecular weight is 427 g/mol. The van der Waals surface area contributed by atoms with Crippen molar-refractivity contribution in [2.24, 2.45) is 0 Å². The molecule has 0 saturated heterocycles. The van der Waals surface area contributed by atoms with E-state index in [1.807, 2.05) is 68.1 Å². The molecule has 2 aromatic rings. The number of hydrogen-bond acceptors (Lipinski definition) is 5. The molecule has 30 heavy (non-hydrogen) atoms. The van der Waals surface area contributed by atoms with Crippen LogP contribution in [0, 0.1) is 6.92 Å². The summed E-state index contributed by atoms with van der Waals surface area (Å²) < 4.78 is 16.2. The van der Waals surface area contributed by atoms with Crippen LogP contribution in [0.1, 0.15) is 31.0 Å². The van der Waals surface area contributed by atoms with E-state index < -0.39 is 12.0 Å². The van der Waals surface area contributed by atoms with Crippen molar-refractivity contribution in [2.45, 2.75) is 26.8 Å². The lowest BCUT2D eigenvalue weighted by atomic mass is 9.94. The fourth-order valence-corrected chi connectivity index (χ4v) is 3.95. The third-order valence-corrected chi connectivity index (χ3v) is 5.27. The van der Waals surface area contributed by atoms with Crippen molar-refractivity contribution in [1.82, 2.24) is 5.32 Å². The number of benzene rings is 2. The van der Waals surface area contributed by atoms with Crippen LogP contribution in [0.25, 0.3) is 0 Å². The molecular weight excluding hydrogens is 400 g/mol. The van der Waals surface area contributed by atoms with Crippen molar-refractivity contribution in [3.8, 4) is 11.5 Å². The molecule has 0 amide bonds. The minimum atomic E-state index is -0.476.